The number of fused-ring (bicyclic) bond motifs is 1. The van der Waals surface area contributed by atoms with E-state index in [0.29, 0.717) is 6.04 Å². The third kappa shape index (κ3) is 1.90. The van der Waals surface area contributed by atoms with E-state index < -0.39 is 6.04 Å². The number of benzene rings is 1. The van der Waals surface area contributed by atoms with Gasteiger partial charge in [0.15, 0.2) is 0 Å². The molecule has 0 spiro atoms. The van der Waals surface area contributed by atoms with Crippen LogP contribution >= 0.6 is 0 Å². The molecule has 2 saturated carbocycles. The van der Waals surface area contributed by atoms with Crippen LogP contribution in [0.15, 0.2) is 18.2 Å². The Balaban J connectivity index is 1.67. The first-order valence-corrected chi connectivity index (χ1v) is 7.59. The number of nitrogens with two attached hydrogens (primary N) is 1. The smallest absolute Gasteiger partial charge is 0.248 e. The second-order valence-corrected chi connectivity index (χ2v) is 6.44. The lowest BCUT2D eigenvalue weighted by Gasteiger charge is -2.26. The Morgan fingerprint density at radius 1 is 1.30 bits per heavy atom. The summed E-state index contributed by atoms with van der Waals surface area (Å²) in [5.74, 6) is 0.878. The van der Waals surface area contributed by atoms with E-state index in [0.717, 1.165) is 17.2 Å². The van der Waals surface area contributed by atoms with Gasteiger partial charge in [0.1, 0.15) is 6.04 Å². The molecule has 0 saturated heterocycles. The number of likely N-dealkylation sites (N-methyl/N-ethyl adjacent to an activating group) is 1. The van der Waals surface area contributed by atoms with Crippen molar-refractivity contribution in [1.29, 1.82) is 0 Å². The third-order valence-corrected chi connectivity index (χ3v) is 4.78. The fraction of sp³-hybridized carbons (Fsp3) is 0.562. The van der Waals surface area contributed by atoms with Crippen LogP contribution in [0.25, 0.3) is 0 Å². The van der Waals surface area contributed by atoms with Crippen molar-refractivity contribution in [3.63, 3.8) is 0 Å². The average Bonchev–Trinajstić information content (AvgIpc) is 3.34. The first kappa shape index (κ1) is 12.2. The third-order valence-electron chi connectivity index (χ3n) is 4.78. The molecule has 0 bridgehead atoms. The first-order valence-electron chi connectivity index (χ1n) is 7.59. The van der Waals surface area contributed by atoms with Gasteiger partial charge in [0.05, 0.1) is 5.69 Å². The largest absolute Gasteiger partial charge is 0.368 e. The van der Waals surface area contributed by atoms with Gasteiger partial charge in [0.25, 0.3) is 0 Å². The van der Waals surface area contributed by atoms with Crippen molar-refractivity contribution in [1.82, 2.24) is 0 Å². The topological polar surface area (TPSA) is 49.6 Å². The van der Waals surface area contributed by atoms with E-state index in [1.165, 1.54) is 37.9 Å². The Labute approximate surface area is 119 Å². The van der Waals surface area contributed by atoms with Crippen LogP contribution in [0.3, 0.4) is 0 Å². The van der Waals surface area contributed by atoms with Gasteiger partial charge in [0.2, 0.25) is 5.91 Å². The maximum absolute atomic E-state index is 12.0. The Morgan fingerprint density at radius 3 is 2.70 bits per heavy atom. The van der Waals surface area contributed by atoms with Gasteiger partial charge in [-0.25, -0.2) is 0 Å². The van der Waals surface area contributed by atoms with Crippen LogP contribution in [0.1, 0.15) is 37.3 Å². The number of nitrogens with zero attached hydrogens (tertiary/aromatic N) is 2. The zero-order valence-electron chi connectivity index (χ0n) is 11.9. The highest BCUT2D eigenvalue weighted by Gasteiger charge is 2.36. The predicted molar refractivity (Wildman–Crippen MR) is 79.9 cm³/mol. The van der Waals surface area contributed by atoms with Crippen LogP contribution in [0.4, 0.5) is 11.4 Å². The highest BCUT2D eigenvalue weighted by molar-refractivity contribution is 6.04. The lowest BCUT2D eigenvalue weighted by molar-refractivity contribution is -0.118. The van der Waals surface area contributed by atoms with Crippen LogP contribution in [-0.2, 0) is 4.79 Å². The van der Waals surface area contributed by atoms with Crippen LogP contribution in [-0.4, -0.2) is 25.5 Å². The Bertz CT molecular complexity index is 563. The number of carbonyl (C=O) groups is 1. The molecule has 4 heteroatoms. The summed E-state index contributed by atoms with van der Waals surface area (Å²) in [5, 5.41) is 0. The van der Waals surface area contributed by atoms with Crippen LogP contribution < -0.4 is 15.5 Å². The molecule has 3 aliphatic rings. The van der Waals surface area contributed by atoms with Gasteiger partial charge >= 0.3 is 0 Å². The van der Waals surface area contributed by atoms with Gasteiger partial charge in [-0.2, -0.15) is 0 Å². The average molecular weight is 271 g/mol. The molecule has 106 valence electrons. The molecule has 2 aliphatic carbocycles. The molecule has 1 atom stereocenters. The fourth-order valence-corrected chi connectivity index (χ4v) is 3.15. The van der Waals surface area contributed by atoms with E-state index >= 15 is 0 Å². The second-order valence-electron chi connectivity index (χ2n) is 6.44. The summed E-state index contributed by atoms with van der Waals surface area (Å²) in [6.45, 7) is 1.17. The Hall–Kier alpha value is -1.55. The normalized spacial score (nSPS) is 25.0. The molecule has 1 amide bonds. The minimum atomic E-state index is -0.484. The van der Waals surface area contributed by atoms with Crippen molar-refractivity contribution in [3.8, 4) is 0 Å². The number of anilines is 2. The van der Waals surface area contributed by atoms with Gasteiger partial charge in [-0.3, -0.25) is 4.79 Å². The first-order chi connectivity index (χ1) is 9.65. The maximum Gasteiger partial charge on any atom is 0.248 e. The molecule has 1 aliphatic heterocycles. The summed E-state index contributed by atoms with van der Waals surface area (Å²) in [7, 11) is 1.82. The molecule has 0 radical (unpaired) electrons. The quantitative estimate of drug-likeness (QED) is 0.911. The lowest BCUT2D eigenvalue weighted by Crippen LogP contribution is -2.28. The molecule has 1 heterocycles. The van der Waals surface area contributed by atoms with Crippen LogP contribution in [0.5, 0.6) is 0 Å². The van der Waals surface area contributed by atoms with Crippen molar-refractivity contribution in [2.75, 3.05) is 23.4 Å². The van der Waals surface area contributed by atoms with E-state index in [1.807, 2.05) is 13.1 Å². The van der Waals surface area contributed by atoms with Gasteiger partial charge in [-0.15, -0.1) is 0 Å². The summed E-state index contributed by atoms with van der Waals surface area (Å²) < 4.78 is 0. The number of carbonyl (C=O) groups excluding carboxylic acids is 1. The van der Waals surface area contributed by atoms with Crippen molar-refractivity contribution < 1.29 is 4.79 Å². The highest BCUT2D eigenvalue weighted by Crippen LogP contribution is 2.41. The van der Waals surface area contributed by atoms with E-state index in [-0.39, 0.29) is 5.91 Å². The summed E-state index contributed by atoms with van der Waals surface area (Å²) in [6.07, 6.45) is 5.35. The molecular formula is C16H21N3O. The Kier molecular flexibility index (Phi) is 2.58. The number of rotatable bonds is 4. The summed E-state index contributed by atoms with van der Waals surface area (Å²) in [4.78, 5) is 16.2. The molecule has 4 nitrogen and oxygen atoms in total. The van der Waals surface area contributed by atoms with Crippen molar-refractivity contribution in [2.24, 2.45) is 11.7 Å². The van der Waals surface area contributed by atoms with Gasteiger partial charge in [-0.05, 0) is 43.7 Å². The van der Waals surface area contributed by atoms with Gasteiger partial charge in [-0.1, -0.05) is 6.07 Å². The number of hydrogen-bond acceptors (Lipinski definition) is 3. The Morgan fingerprint density at radius 2 is 2.05 bits per heavy atom. The molecule has 2 fully saturated rings. The van der Waals surface area contributed by atoms with Crippen molar-refractivity contribution >= 4 is 17.3 Å². The van der Waals surface area contributed by atoms with Crippen molar-refractivity contribution in [2.45, 2.75) is 37.8 Å². The van der Waals surface area contributed by atoms with Crippen LogP contribution in [0.2, 0.25) is 0 Å². The number of amides is 1. The second kappa shape index (κ2) is 4.22. The number of hydrogen-bond donors (Lipinski definition) is 1. The predicted octanol–water partition coefficient (Wildman–Crippen LogP) is 2.04. The molecule has 2 N–H and O–H groups in total. The molecule has 1 aromatic rings. The summed E-state index contributed by atoms with van der Waals surface area (Å²) >= 11 is 0. The molecule has 0 aromatic heterocycles. The summed E-state index contributed by atoms with van der Waals surface area (Å²) in [6, 6.07) is 6.57. The zero-order valence-corrected chi connectivity index (χ0v) is 11.9. The van der Waals surface area contributed by atoms with Gasteiger partial charge in [0, 0.05) is 30.9 Å². The highest BCUT2D eigenvalue weighted by atomic mass is 16.2. The maximum atomic E-state index is 12.0. The van der Waals surface area contributed by atoms with Crippen LogP contribution in [0, 0.1) is 5.92 Å². The SMILES string of the molecule is CN1C(=O)C(N)c2ccc(N(CC3CC3)C3CC3)cc21. The molecule has 4 rings (SSSR count). The molecular weight excluding hydrogens is 250 g/mol. The summed E-state index contributed by atoms with van der Waals surface area (Å²) in [5.41, 5.74) is 9.17. The van der Waals surface area contributed by atoms with E-state index in [1.54, 1.807) is 4.90 Å². The molecule has 1 aromatic carbocycles. The molecule has 1 unspecified atom stereocenters. The minimum Gasteiger partial charge on any atom is -0.368 e. The van der Waals surface area contributed by atoms with E-state index in [9.17, 15) is 4.79 Å². The molecule has 20 heavy (non-hydrogen) atoms. The van der Waals surface area contributed by atoms with Gasteiger partial charge < -0.3 is 15.5 Å². The van der Waals surface area contributed by atoms with E-state index in [2.05, 4.69) is 17.0 Å². The fourth-order valence-electron chi connectivity index (χ4n) is 3.15. The van der Waals surface area contributed by atoms with Crippen molar-refractivity contribution in [3.05, 3.63) is 23.8 Å². The zero-order chi connectivity index (χ0) is 13.9. The minimum absolute atomic E-state index is 0.00249. The monoisotopic (exact) mass is 271 g/mol. The lowest BCUT2D eigenvalue weighted by atomic mass is 10.1. The van der Waals surface area contributed by atoms with E-state index in [4.69, 9.17) is 5.73 Å². The standard InChI is InChI=1S/C16H21N3O/c1-18-14-8-12(6-7-13(14)15(17)16(18)20)19(11-4-5-11)9-10-2-3-10/h6-8,10-11,15H,2-5,9,17H2,1H3.